The fourth-order valence-corrected chi connectivity index (χ4v) is 3.19. The lowest BCUT2D eigenvalue weighted by Crippen LogP contribution is -2.44. The van der Waals surface area contributed by atoms with Gasteiger partial charge in [-0.2, -0.15) is 0 Å². The second-order valence-corrected chi connectivity index (χ2v) is 6.84. The van der Waals surface area contributed by atoms with E-state index in [0.29, 0.717) is 13.1 Å². The van der Waals surface area contributed by atoms with Crippen LogP contribution in [0.3, 0.4) is 0 Å². The minimum atomic E-state index is 0.0864. The van der Waals surface area contributed by atoms with Gasteiger partial charge in [-0.05, 0) is 32.0 Å². The number of amides is 2. The molecule has 138 valence electrons. The van der Waals surface area contributed by atoms with E-state index in [1.54, 1.807) is 31.0 Å². The summed E-state index contributed by atoms with van der Waals surface area (Å²) >= 11 is 0. The number of hydrogen-bond donors (Lipinski definition) is 0. The molecule has 0 atom stereocenters. The fourth-order valence-electron chi connectivity index (χ4n) is 3.19. The summed E-state index contributed by atoms with van der Waals surface area (Å²) < 4.78 is 5.35. The largest absolute Gasteiger partial charge is 0.496 e. The SMILES string of the molecule is COc1ccccc1CN(C)C(=O)CN1CCC(C(=O)N(C)C)CC1. The van der Waals surface area contributed by atoms with Crippen LogP contribution in [0.4, 0.5) is 0 Å². The third-order valence-corrected chi connectivity index (χ3v) is 4.76. The molecule has 0 aliphatic carbocycles. The Balaban J connectivity index is 1.83. The van der Waals surface area contributed by atoms with Gasteiger partial charge in [-0.15, -0.1) is 0 Å². The topological polar surface area (TPSA) is 53.1 Å². The molecule has 1 saturated heterocycles. The Morgan fingerprint density at radius 2 is 1.80 bits per heavy atom. The average Bonchev–Trinajstić information content (AvgIpc) is 2.62. The molecule has 0 saturated carbocycles. The Morgan fingerprint density at radius 3 is 2.40 bits per heavy atom. The van der Waals surface area contributed by atoms with Gasteiger partial charge in [0.1, 0.15) is 5.75 Å². The Labute approximate surface area is 150 Å². The van der Waals surface area contributed by atoms with Gasteiger partial charge in [0, 0.05) is 39.2 Å². The third-order valence-electron chi connectivity index (χ3n) is 4.76. The lowest BCUT2D eigenvalue weighted by atomic mass is 9.95. The van der Waals surface area contributed by atoms with Crippen molar-refractivity contribution in [3.63, 3.8) is 0 Å². The molecule has 1 heterocycles. The first-order valence-corrected chi connectivity index (χ1v) is 8.71. The number of likely N-dealkylation sites (tertiary alicyclic amines) is 1. The van der Waals surface area contributed by atoms with E-state index < -0.39 is 0 Å². The number of benzene rings is 1. The number of rotatable bonds is 6. The number of carbonyl (C=O) groups is 2. The van der Waals surface area contributed by atoms with Gasteiger partial charge in [-0.1, -0.05) is 18.2 Å². The minimum Gasteiger partial charge on any atom is -0.496 e. The number of likely N-dealkylation sites (N-methyl/N-ethyl adjacent to an activating group) is 1. The molecule has 2 amide bonds. The summed E-state index contributed by atoms with van der Waals surface area (Å²) in [5.41, 5.74) is 0.996. The molecular weight excluding hydrogens is 318 g/mol. The first kappa shape index (κ1) is 19.2. The lowest BCUT2D eigenvalue weighted by molar-refractivity contribution is -0.135. The van der Waals surface area contributed by atoms with Gasteiger partial charge in [0.2, 0.25) is 11.8 Å². The molecule has 6 heteroatoms. The summed E-state index contributed by atoms with van der Waals surface area (Å²) in [6.45, 7) is 2.50. The quantitative estimate of drug-likeness (QED) is 0.782. The Morgan fingerprint density at radius 1 is 1.16 bits per heavy atom. The first-order valence-electron chi connectivity index (χ1n) is 8.71. The molecule has 0 spiro atoms. The summed E-state index contributed by atoms with van der Waals surface area (Å²) in [6, 6.07) is 7.74. The third kappa shape index (κ3) is 5.19. The molecule has 0 aromatic heterocycles. The molecule has 1 aliphatic rings. The fraction of sp³-hybridized carbons (Fsp3) is 0.579. The smallest absolute Gasteiger partial charge is 0.236 e. The van der Waals surface area contributed by atoms with Crippen molar-refractivity contribution in [3.05, 3.63) is 29.8 Å². The van der Waals surface area contributed by atoms with Crippen LogP contribution in [-0.2, 0) is 16.1 Å². The van der Waals surface area contributed by atoms with Crippen LogP contribution in [0.25, 0.3) is 0 Å². The zero-order chi connectivity index (χ0) is 18.4. The van der Waals surface area contributed by atoms with E-state index in [1.807, 2.05) is 31.3 Å². The van der Waals surface area contributed by atoms with Crippen LogP contribution in [0.1, 0.15) is 18.4 Å². The van der Waals surface area contributed by atoms with Crippen LogP contribution < -0.4 is 4.74 Å². The zero-order valence-electron chi connectivity index (χ0n) is 15.7. The van der Waals surface area contributed by atoms with E-state index in [2.05, 4.69) is 4.90 Å². The second kappa shape index (κ2) is 8.85. The highest BCUT2D eigenvalue weighted by Crippen LogP contribution is 2.20. The highest BCUT2D eigenvalue weighted by atomic mass is 16.5. The van der Waals surface area contributed by atoms with Crippen LogP contribution in [-0.4, -0.2) is 74.4 Å². The molecule has 25 heavy (non-hydrogen) atoms. The normalized spacial score (nSPS) is 15.7. The van der Waals surface area contributed by atoms with E-state index in [0.717, 1.165) is 37.2 Å². The summed E-state index contributed by atoms with van der Waals surface area (Å²) in [4.78, 5) is 30.1. The molecular formula is C19H29N3O3. The van der Waals surface area contributed by atoms with Gasteiger partial charge in [-0.3, -0.25) is 14.5 Å². The predicted octanol–water partition coefficient (Wildman–Crippen LogP) is 1.45. The van der Waals surface area contributed by atoms with Gasteiger partial charge >= 0.3 is 0 Å². The van der Waals surface area contributed by atoms with Crippen LogP contribution in [0.5, 0.6) is 5.75 Å². The highest BCUT2D eigenvalue weighted by molar-refractivity contribution is 5.79. The molecule has 1 aromatic carbocycles. The molecule has 6 nitrogen and oxygen atoms in total. The number of nitrogens with zero attached hydrogens (tertiary/aromatic N) is 3. The van der Waals surface area contributed by atoms with Crippen molar-refractivity contribution >= 4 is 11.8 Å². The van der Waals surface area contributed by atoms with Crippen molar-refractivity contribution in [2.45, 2.75) is 19.4 Å². The lowest BCUT2D eigenvalue weighted by Gasteiger charge is -2.32. The molecule has 1 fully saturated rings. The molecule has 0 unspecified atom stereocenters. The molecule has 2 rings (SSSR count). The van der Waals surface area contributed by atoms with Crippen molar-refractivity contribution in [2.24, 2.45) is 5.92 Å². The van der Waals surface area contributed by atoms with Crippen molar-refractivity contribution < 1.29 is 14.3 Å². The summed E-state index contributed by atoms with van der Waals surface area (Å²) in [6.07, 6.45) is 1.64. The zero-order valence-corrected chi connectivity index (χ0v) is 15.7. The number of piperidine rings is 1. The molecule has 1 aliphatic heterocycles. The standard InChI is InChI=1S/C19H29N3O3/c1-20(2)19(24)15-9-11-22(12-10-15)14-18(23)21(3)13-16-7-5-6-8-17(16)25-4/h5-8,15H,9-14H2,1-4H3. The summed E-state index contributed by atoms with van der Waals surface area (Å²) in [5.74, 6) is 1.17. The highest BCUT2D eigenvalue weighted by Gasteiger charge is 2.27. The first-order chi connectivity index (χ1) is 11.9. The summed E-state index contributed by atoms with van der Waals surface area (Å²) in [5, 5.41) is 0. The van der Waals surface area contributed by atoms with Crippen LogP contribution >= 0.6 is 0 Å². The summed E-state index contributed by atoms with van der Waals surface area (Å²) in [7, 11) is 7.05. The van der Waals surface area contributed by atoms with E-state index >= 15 is 0 Å². The van der Waals surface area contributed by atoms with Crippen molar-refractivity contribution in [1.29, 1.82) is 0 Å². The van der Waals surface area contributed by atoms with E-state index in [4.69, 9.17) is 4.74 Å². The molecule has 0 N–H and O–H groups in total. The Hall–Kier alpha value is -2.08. The molecule has 1 aromatic rings. The van der Waals surface area contributed by atoms with Crippen LogP contribution in [0, 0.1) is 5.92 Å². The predicted molar refractivity (Wildman–Crippen MR) is 97.3 cm³/mol. The maximum atomic E-state index is 12.5. The maximum absolute atomic E-state index is 12.5. The Bertz CT molecular complexity index is 595. The van der Waals surface area contributed by atoms with E-state index in [9.17, 15) is 9.59 Å². The second-order valence-electron chi connectivity index (χ2n) is 6.84. The number of ether oxygens (including phenoxy) is 1. The number of hydrogen-bond acceptors (Lipinski definition) is 4. The van der Waals surface area contributed by atoms with Gasteiger partial charge in [0.05, 0.1) is 13.7 Å². The number of para-hydroxylation sites is 1. The van der Waals surface area contributed by atoms with E-state index in [-0.39, 0.29) is 17.7 Å². The van der Waals surface area contributed by atoms with Crippen molar-refractivity contribution in [3.8, 4) is 5.75 Å². The molecule has 0 bridgehead atoms. The van der Waals surface area contributed by atoms with Crippen LogP contribution in [0.2, 0.25) is 0 Å². The van der Waals surface area contributed by atoms with E-state index in [1.165, 1.54) is 0 Å². The molecule has 0 radical (unpaired) electrons. The average molecular weight is 347 g/mol. The Kier molecular flexibility index (Phi) is 6.82. The number of carbonyl (C=O) groups excluding carboxylic acids is 2. The van der Waals surface area contributed by atoms with Gasteiger partial charge in [0.25, 0.3) is 0 Å². The maximum Gasteiger partial charge on any atom is 0.236 e. The minimum absolute atomic E-state index is 0.0864. The van der Waals surface area contributed by atoms with Crippen molar-refractivity contribution in [1.82, 2.24) is 14.7 Å². The van der Waals surface area contributed by atoms with Crippen LogP contribution in [0.15, 0.2) is 24.3 Å². The van der Waals surface area contributed by atoms with Gasteiger partial charge in [-0.25, -0.2) is 0 Å². The van der Waals surface area contributed by atoms with Gasteiger partial charge in [0.15, 0.2) is 0 Å². The monoisotopic (exact) mass is 347 g/mol. The van der Waals surface area contributed by atoms with Gasteiger partial charge < -0.3 is 14.5 Å². The van der Waals surface area contributed by atoms with Crippen molar-refractivity contribution in [2.75, 3.05) is 47.9 Å². The number of methoxy groups -OCH3 is 1.